The molecule has 0 amide bonds. The molecule has 0 aliphatic carbocycles. The molecule has 2 aromatic rings. The van der Waals surface area contributed by atoms with Crippen LogP contribution in [0.1, 0.15) is 18.9 Å². The standard InChI is InChI=1S/C16H17Cl2N/c1-2-14(10-12-6-4-3-5-7-12)19-16-9-8-13(17)11-15(16)18/h3-9,11,14,19H,2,10H2,1H3. The first-order valence-electron chi connectivity index (χ1n) is 6.44. The molecular weight excluding hydrogens is 277 g/mol. The van der Waals surface area contributed by atoms with E-state index in [9.17, 15) is 0 Å². The molecule has 100 valence electrons. The Kier molecular flexibility index (Phi) is 5.12. The molecule has 0 bridgehead atoms. The fourth-order valence-corrected chi connectivity index (χ4v) is 2.49. The number of hydrogen-bond donors (Lipinski definition) is 1. The molecule has 1 unspecified atom stereocenters. The van der Waals surface area contributed by atoms with Gasteiger partial charge in [0.05, 0.1) is 10.7 Å². The van der Waals surface area contributed by atoms with Gasteiger partial charge in [-0.2, -0.15) is 0 Å². The minimum absolute atomic E-state index is 0.362. The van der Waals surface area contributed by atoms with Gasteiger partial charge in [0.1, 0.15) is 0 Å². The summed E-state index contributed by atoms with van der Waals surface area (Å²) < 4.78 is 0. The van der Waals surface area contributed by atoms with Gasteiger partial charge in [0.15, 0.2) is 0 Å². The van der Waals surface area contributed by atoms with Crippen molar-refractivity contribution >= 4 is 28.9 Å². The van der Waals surface area contributed by atoms with E-state index in [1.165, 1.54) is 5.56 Å². The Morgan fingerprint density at radius 2 is 1.79 bits per heavy atom. The van der Waals surface area contributed by atoms with Gasteiger partial charge in [-0.25, -0.2) is 0 Å². The Labute approximate surface area is 124 Å². The van der Waals surface area contributed by atoms with E-state index in [0.29, 0.717) is 16.1 Å². The Bertz CT molecular complexity index is 526. The first-order chi connectivity index (χ1) is 9.19. The lowest BCUT2D eigenvalue weighted by molar-refractivity contribution is 0.690. The van der Waals surface area contributed by atoms with E-state index in [1.54, 1.807) is 6.07 Å². The van der Waals surface area contributed by atoms with E-state index in [4.69, 9.17) is 23.2 Å². The lowest BCUT2D eigenvalue weighted by Gasteiger charge is -2.19. The summed E-state index contributed by atoms with van der Waals surface area (Å²) in [5.41, 5.74) is 2.26. The summed E-state index contributed by atoms with van der Waals surface area (Å²) in [7, 11) is 0. The van der Waals surface area contributed by atoms with E-state index in [0.717, 1.165) is 18.5 Å². The molecule has 0 aliphatic heterocycles. The topological polar surface area (TPSA) is 12.0 Å². The summed E-state index contributed by atoms with van der Waals surface area (Å²) in [5, 5.41) is 4.81. The fraction of sp³-hybridized carbons (Fsp3) is 0.250. The average molecular weight is 294 g/mol. The van der Waals surface area contributed by atoms with Gasteiger partial charge in [0, 0.05) is 11.1 Å². The van der Waals surface area contributed by atoms with E-state index in [-0.39, 0.29) is 0 Å². The van der Waals surface area contributed by atoms with Crippen LogP contribution in [0.15, 0.2) is 48.5 Å². The maximum absolute atomic E-state index is 6.19. The highest BCUT2D eigenvalue weighted by molar-refractivity contribution is 6.36. The highest BCUT2D eigenvalue weighted by Crippen LogP contribution is 2.26. The molecule has 1 atom stereocenters. The van der Waals surface area contributed by atoms with Crippen molar-refractivity contribution in [2.24, 2.45) is 0 Å². The second-order valence-corrected chi connectivity index (χ2v) is 5.41. The summed E-state index contributed by atoms with van der Waals surface area (Å²) in [4.78, 5) is 0. The SMILES string of the molecule is CCC(Cc1ccccc1)Nc1ccc(Cl)cc1Cl. The summed E-state index contributed by atoms with van der Waals surface area (Å²) >= 11 is 12.1. The van der Waals surface area contributed by atoms with Crippen LogP contribution >= 0.6 is 23.2 Å². The molecule has 0 fully saturated rings. The van der Waals surface area contributed by atoms with Gasteiger partial charge in [0.25, 0.3) is 0 Å². The highest BCUT2D eigenvalue weighted by Gasteiger charge is 2.09. The van der Waals surface area contributed by atoms with Crippen LogP contribution in [0.25, 0.3) is 0 Å². The van der Waals surface area contributed by atoms with Crippen LogP contribution in [0.2, 0.25) is 10.0 Å². The Morgan fingerprint density at radius 3 is 2.42 bits per heavy atom. The van der Waals surface area contributed by atoms with Crippen molar-refractivity contribution in [3.63, 3.8) is 0 Å². The predicted octanol–water partition coefficient (Wildman–Crippen LogP) is 5.43. The van der Waals surface area contributed by atoms with Gasteiger partial charge in [-0.1, -0.05) is 60.5 Å². The second-order valence-electron chi connectivity index (χ2n) is 4.56. The molecule has 0 aliphatic rings. The van der Waals surface area contributed by atoms with Gasteiger partial charge in [-0.15, -0.1) is 0 Å². The normalized spacial score (nSPS) is 12.2. The number of nitrogens with one attached hydrogen (secondary N) is 1. The quantitative estimate of drug-likeness (QED) is 0.775. The second kappa shape index (κ2) is 6.83. The lowest BCUT2D eigenvalue weighted by Crippen LogP contribution is -2.21. The van der Waals surface area contributed by atoms with Crippen molar-refractivity contribution in [3.8, 4) is 0 Å². The van der Waals surface area contributed by atoms with Crippen LogP contribution in [0, 0.1) is 0 Å². The summed E-state index contributed by atoms with van der Waals surface area (Å²) in [5.74, 6) is 0. The molecule has 0 saturated heterocycles. The van der Waals surface area contributed by atoms with Crippen LogP contribution in [0.3, 0.4) is 0 Å². The average Bonchev–Trinajstić information content (AvgIpc) is 2.42. The monoisotopic (exact) mass is 293 g/mol. The van der Waals surface area contributed by atoms with Crippen molar-refractivity contribution in [2.75, 3.05) is 5.32 Å². The van der Waals surface area contributed by atoms with Crippen LogP contribution < -0.4 is 5.32 Å². The molecule has 0 aromatic heterocycles. The first kappa shape index (κ1) is 14.2. The number of anilines is 1. The Hall–Kier alpha value is -1.18. The number of halogens is 2. The molecule has 1 nitrogen and oxygen atoms in total. The minimum atomic E-state index is 0.362. The van der Waals surface area contributed by atoms with Gasteiger partial charge in [-0.3, -0.25) is 0 Å². The lowest BCUT2D eigenvalue weighted by atomic mass is 10.0. The van der Waals surface area contributed by atoms with Crippen molar-refractivity contribution in [2.45, 2.75) is 25.8 Å². The molecule has 19 heavy (non-hydrogen) atoms. The zero-order valence-electron chi connectivity index (χ0n) is 10.9. The molecule has 1 N–H and O–H groups in total. The van der Waals surface area contributed by atoms with Gasteiger partial charge >= 0.3 is 0 Å². The largest absolute Gasteiger partial charge is 0.381 e. The third kappa shape index (κ3) is 4.15. The zero-order valence-corrected chi connectivity index (χ0v) is 12.4. The highest BCUT2D eigenvalue weighted by atomic mass is 35.5. The van der Waals surface area contributed by atoms with Crippen molar-refractivity contribution in [1.29, 1.82) is 0 Å². The van der Waals surface area contributed by atoms with E-state index < -0.39 is 0 Å². The Morgan fingerprint density at radius 1 is 1.05 bits per heavy atom. The third-order valence-corrected chi connectivity index (χ3v) is 3.66. The van der Waals surface area contributed by atoms with Crippen LogP contribution in [0.5, 0.6) is 0 Å². The van der Waals surface area contributed by atoms with E-state index >= 15 is 0 Å². The van der Waals surface area contributed by atoms with Crippen molar-refractivity contribution < 1.29 is 0 Å². The maximum Gasteiger partial charge on any atom is 0.0652 e. The van der Waals surface area contributed by atoms with Crippen LogP contribution in [-0.2, 0) is 6.42 Å². The minimum Gasteiger partial charge on any atom is -0.381 e. The number of hydrogen-bond acceptors (Lipinski definition) is 1. The smallest absolute Gasteiger partial charge is 0.0652 e. The maximum atomic E-state index is 6.19. The molecule has 0 saturated carbocycles. The van der Waals surface area contributed by atoms with Gasteiger partial charge in [-0.05, 0) is 36.6 Å². The molecule has 2 rings (SSSR count). The summed E-state index contributed by atoms with van der Waals surface area (Å²) in [6.45, 7) is 2.17. The molecule has 0 heterocycles. The molecule has 0 radical (unpaired) electrons. The third-order valence-electron chi connectivity index (χ3n) is 3.11. The van der Waals surface area contributed by atoms with Gasteiger partial charge < -0.3 is 5.32 Å². The summed E-state index contributed by atoms with van der Waals surface area (Å²) in [6, 6.07) is 16.4. The zero-order chi connectivity index (χ0) is 13.7. The fourth-order valence-electron chi connectivity index (χ4n) is 2.02. The van der Waals surface area contributed by atoms with E-state index in [2.05, 4.69) is 36.5 Å². The number of benzene rings is 2. The van der Waals surface area contributed by atoms with Crippen molar-refractivity contribution in [1.82, 2.24) is 0 Å². The molecule has 0 spiro atoms. The van der Waals surface area contributed by atoms with Crippen LogP contribution in [0.4, 0.5) is 5.69 Å². The molecule has 2 aromatic carbocycles. The van der Waals surface area contributed by atoms with Crippen molar-refractivity contribution in [3.05, 3.63) is 64.1 Å². The Balaban J connectivity index is 2.06. The van der Waals surface area contributed by atoms with Gasteiger partial charge in [0.2, 0.25) is 0 Å². The predicted molar refractivity (Wildman–Crippen MR) is 84.3 cm³/mol. The molecule has 3 heteroatoms. The van der Waals surface area contributed by atoms with Crippen LogP contribution in [-0.4, -0.2) is 6.04 Å². The molecular formula is C16H17Cl2N. The number of rotatable bonds is 5. The first-order valence-corrected chi connectivity index (χ1v) is 7.20. The summed E-state index contributed by atoms with van der Waals surface area (Å²) in [6.07, 6.45) is 2.02. The van der Waals surface area contributed by atoms with E-state index in [1.807, 2.05) is 18.2 Å².